The van der Waals surface area contributed by atoms with Crippen molar-refractivity contribution in [2.45, 2.75) is 38.6 Å². The smallest absolute Gasteiger partial charge is 0.321 e. The summed E-state index contributed by atoms with van der Waals surface area (Å²) < 4.78 is 5.79. The first-order chi connectivity index (χ1) is 18.4. The lowest BCUT2D eigenvalue weighted by Crippen LogP contribution is -2.52. The molecule has 9 nitrogen and oxygen atoms in total. The molecular weight excluding hydrogens is 484 g/mol. The van der Waals surface area contributed by atoms with Crippen molar-refractivity contribution in [3.8, 4) is 5.75 Å². The third-order valence-electron chi connectivity index (χ3n) is 6.71. The number of urea groups is 1. The molecular formula is C29H28N4O5. The summed E-state index contributed by atoms with van der Waals surface area (Å²) in [5, 5.41) is 5.19. The Morgan fingerprint density at radius 2 is 1.79 bits per heavy atom. The van der Waals surface area contributed by atoms with E-state index in [1.807, 2.05) is 54.6 Å². The predicted molar refractivity (Wildman–Crippen MR) is 140 cm³/mol. The molecule has 0 radical (unpaired) electrons. The highest BCUT2D eigenvalue weighted by atomic mass is 16.5. The molecule has 2 N–H and O–H groups in total. The second-order valence-corrected chi connectivity index (χ2v) is 9.48. The van der Waals surface area contributed by atoms with E-state index in [4.69, 9.17) is 4.74 Å². The fourth-order valence-electron chi connectivity index (χ4n) is 4.67. The molecule has 1 unspecified atom stereocenters. The number of nitrogens with one attached hydrogen (secondary N) is 2. The minimum atomic E-state index is -0.653. The Bertz CT molecular complexity index is 1370. The number of hydrogen-bond acceptors (Lipinski definition) is 5. The number of fused-ring (bicyclic) bond motifs is 1. The number of amides is 5. The monoisotopic (exact) mass is 512 g/mol. The Morgan fingerprint density at radius 1 is 1.03 bits per heavy atom. The maximum Gasteiger partial charge on any atom is 0.321 e. The molecule has 3 aromatic rings. The van der Waals surface area contributed by atoms with E-state index in [1.54, 1.807) is 30.1 Å². The fourth-order valence-corrected chi connectivity index (χ4v) is 4.67. The van der Waals surface area contributed by atoms with E-state index in [-0.39, 0.29) is 24.3 Å². The van der Waals surface area contributed by atoms with Crippen molar-refractivity contribution >= 4 is 29.4 Å². The molecule has 38 heavy (non-hydrogen) atoms. The van der Waals surface area contributed by atoms with E-state index in [9.17, 15) is 19.2 Å². The minimum absolute atomic E-state index is 0.213. The molecule has 5 amide bonds. The van der Waals surface area contributed by atoms with Gasteiger partial charge in [0.05, 0.1) is 0 Å². The SMILES string of the molecule is CN(Cc1ccc2c(c1)CN(C1CCC(=O)NC1=O)C2=O)C(=O)Nc1ccc(OCc2ccccc2)cc1. The minimum Gasteiger partial charge on any atom is -0.489 e. The number of carbonyl (C=O) groups excluding carboxylic acids is 4. The van der Waals surface area contributed by atoms with Crippen LogP contribution in [0.15, 0.2) is 72.8 Å². The Morgan fingerprint density at radius 3 is 2.53 bits per heavy atom. The predicted octanol–water partition coefficient (Wildman–Crippen LogP) is 3.69. The normalized spacial score (nSPS) is 16.6. The van der Waals surface area contributed by atoms with Crippen molar-refractivity contribution in [2.24, 2.45) is 0 Å². The van der Waals surface area contributed by atoms with Gasteiger partial charge < -0.3 is 19.9 Å². The van der Waals surface area contributed by atoms with Gasteiger partial charge in [0.15, 0.2) is 0 Å². The number of anilines is 1. The van der Waals surface area contributed by atoms with Crippen LogP contribution >= 0.6 is 0 Å². The van der Waals surface area contributed by atoms with Crippen LogP contribution in [0.1, 0.15) is 39.9 Å². The quantitative estimate of drug-likeness (QED) is 0.470. The lowest BCUT2D eigenvalue weighted by atomic mass is 10.0. The first-order valence-corrected chi connectivity index (χ1v) is 12.4. The Hall–Kier alpha value is -4.66. The molecule has 2 aliphatic heterocycles. The molecule has 2 aliphatic rings. The molecule has 3 aromatic carbocycles. The van der Waals surface area contributed by atoms with Crippen LogP contribution < -0.4 is 15.4 Å². The molecule has 1 atom stereocenters. The fraction of sp³-hybridized carbons (Fsp3) is 0.241. The summed E-state index contributed by atoms with van der Waals surface area (Å²) in [5.41, 5.74) is 3.93. The van der Waals surface area contributed by atoms with Gasteiger partial charge in [-0.15, -0.1) is 0 Å². The van der Waals surface area contributed by atoms with Gasteiger partial charge >= 0.3 is 6.03 Å². The molecule has 1 saturated heterocycles. The van der Waals surface area contributed by atoms with Gasteiger partial charge in [-0.3, -0.25) is 19.7 Å². The summed E-state index contributed by atoms with van der Waals surface area (Å²) in [6, 6.07) is 21.6. The van der Waals surface area contributed by atoms with Gasteiger partial charge in [-0.25, -0.2) is 4.79 Å². The zero-order valence-electron chi connectivity index (χ0n) is 21.0. The summed E-state index contributed by atoms with van der Waals surface area (Å²) in [6.45, 7) is 1.10. The van der Waals surface area contributed by atoms with Gasteiger partial charge in [0.1, 0.15) is 18.4 Å². The van der Waals surface area contributed by atoms with Crippen LogP contribution in [0.2, 0.25) is 0 Å². The molecule has 0 aromatic heterocycles. The molecule has 2 heterocycles. The Balaban J connectivity index is 1.15. The van der Waals surface area contributed by atoms with Gasteiger partial charge in [0, 0.05) is 37.8 Å². The van der Waals surface area contributed by atoms with E-state index in [0.717, 1.165) is 16.7 Å². The average Bonchev–Trinajstić information content (AvgIpc) is 3.24. The highest BCUT2D eigenvalue weighted by Gasteiger charge is 2.39. The first kappa shape index (κ1) is 25.0. The van der Waals surface area contributed by atoms with Gasteiger partial charge in [0.2, 0.25) is 11.8 Å². The number of ether oxygens (including phenoxy) is 1. The van der Waals surface area contributed by atoms with Gasteiger partial charge in [0.25, 0.3) is 5.91 Å². The highest BCUT2D eigenvalue weighted by Crippen LogP contribution is 2.28. The number of imide groups is 1. The van der Waals surface area contributed by atoms with E-state index in [2.05, 4.69) is 10.6 Å². The average molecular weight is 513 g/mol. The van der Waals surface area contributed by atoms with Crippen molar-refractivity contribution in [3.63, 3.8) is 0 Å². The van der Waals surface area contributed by atoms with E-state index in [0.29, 0.717) is 43.1 Å². The summed E-state index contributed by atoms with van der Waals surface area (Å²) in [5.74, 6) is -0.260. The van der Waals surface area contributed by atoms with Crippen molar-refractivity contribution in [1.29, 1.82) is 0 Å². The van der Waals surface area contributed by atoms with Crippen LogP contribution in [0.5, 0.6) is 5.75 Å². The maximum atomic E-state index is 12.9. The first-order valence-electron chi connectivity index (χ1n) is 12.4. The van der Waals surface area contributed by atoms with Crippen molar-refractivity contribution in [3.05, 3.63) is 95.1 Å². The molecule has 9 heteroatoms. The van der Waals surface area contributed by atoms with Crippen LogP contribution in [0.25, 0.3) is 0 Å². The number of carbonyl (C=O) groups is 4. The van der Waals surface area contributed by atoms with Gasteiger partial charge in [-0.2, -0.15) is 0 Å². The van der Waals surface area contributed by atoms with Crippen LogP contribution in [-0.2, 0) is 29.3 Å². The highest BCUT2D eigenvalue weighted by molar-refractivity contribution is 6.05. The van der Waals surface area contributed by atoms with E-state index >= 15 is 0 Å². The van der Waals surface area contributed by atoms with Crippen LogP contribution in [-0.4, -0.2) is 46.6 Å². The number of rotatable bonds is 7. The zero-order chi connectivity index (χ0) is 26.6. The zero-order valence-corrected chi connectivity index (χ0v) is 21.0. The largest absolute Gasteiger partial charge is 0.489 e. The van der Waals surface area contributed by atoms with Gasteiger partial charge in [-0.05, 0) is 53.4 Å². The summed E-state index contributed by atoms with van der Waals surface area (Å²) in [6.07, 6.45) is 0.533. The summed E-state index contributed by atoms with van der Waals surface area (Å²) in [7, 11) is 1.70. The number of nitrogens with zero attached hydrogens (tertiary/aromatic N) is 2. The Labute approximate surface area is 220 Å². The number of hydrogen-bond donors (Lipinski definition) is 2. The molecule has 1 fully saturated rings. The standard InChI is InChI=1S/C29H28N4O5/c1-32(29(37)30-22-8-10-23(11-9-22)38-18-19-5-3-2-4-6-19)16-20-7-12-24-21(15-20)17-33(28(24)36)25-13-14-26(34)31-27(25)35/h2-12,15,25H,13-14,16-18H2,1H3,(H,30,37)(H,31,34,35). The Kier molecular flexibility index (Phi) is 7.08. The van der Waals surface area contributed by atoms with Crippen LogP contribution in [0, 0.1) is 0 Å². The summed E-state index contributed by atoms with van der Waals surface area (Å²) >= 11 is 0. The summed E-state index contributed by atoms with van der Waals surface area (Å²) in [4.78, 5) is 52.4. The molecule has 5 rings (SSSR count). The third kappa shape index (κ3) is 5.51. The lowest BCUT2D eigenvalue weighted by Gasteiger charge is -2.29. The topological polar surface area (TPSA) is 108 Å². The second-order valence-electron chi connectivity index (χ2n) is 9.48. The van der Waals surface area contributed by atoms with E-state index < -0.39 is 11.9 Å². The molecule has 0 saturated carbocycles. The lowest BCUT2D eigenvalue weighted by molar-refractivity contribution is -0.136. The van der Waals surface area contributed by atoms with E-state index in [1.165, 1.54) is 4.90 Å². The van der Waals surface area contributed by atoms with Crippen molar-refractivity contribution in [1.82, 2.24) is 15.1 Å². The van der Waals surface area contributed by atoms with Crippen LogP contribution in [0.3, 0.4) is 0 Å². The van der Waals surface area contributed by atoms with Crippen LogP contribution in [0.4, 0.5) is 10.5 Å². The third-order valence-corrected chi connectivity index (χ3v) is 6.71. The molecule has 0 aliphatic carbocycles. The molecule has 0 spiro atoms. The van der Waals surface area contributed by atoms with Crippen molar-refractivity contribution < 1.29 is 23.9 Å². The van der Waals surface area contributed by atoms with Crippen molar-refractivity contribution in [2.75, 3.05) is 12.4 Å². The molecule has 0 bridgehead atoms. The van der Waals surface area contributed by atoms with Gasteiger partial charge in [-0.1, -0.05) is 42.5 Å². The number of benzene rings is 3. The second kappa shape index (κ2) is 10.8. The maximum absolute atomic E-state index is 12.9. The number of piperidine rings is 1. The molecule has 194 valence electrons.